The fourth-order valence-corrected chi connectivity index (χ4v) is 4.49. The van der Waals surface area contributed by atoms with Crippen molar-refractivity contribution in [3.8, 4) is 0 Å². The number of nitrogens with zero attached hydrogens (tertiary/aromatic N) is 2. The Bertz CT molecular complexity index is 1280. The number of carbonyl (C=O) groups is 2. The van der Waals surface area contributed by atoms with Gasteiger partial charge >= 0.3 is 0 Å². The van der Waals surface area contributed by atoms with Gasteiger partial charge in [-0.25, -0.2) is 0 Å². The highest BCUT2D eigenvalue weighted by molar-refractivity contribution is 6.32. The number of halogens is 1. The minimum Gasteiger partial charge on any atom is -0.371 e. The summed E-state index contributed by atoms with van der Waals surface area (Å²) in [6.07, 6.45) is 3.26. The van der Waals surface area contributed by atoms with Crippen molar-refractivity contribution in [3.63, 3.8) is 0 Å². The lowest BCUT2D eigenvalue weighted by atomic mass is 10.0. The fraction of sp³-hybridized carbons (Fsp3) is 0.259. The second-order valence-electron chi connectivity index (χ2n) is 8.76. The highest BCUT2D eigenvalue weighted by Gasteiger charge is 2.22. The molecular formula is C27H27ClN4O4. The number of hydrogen-bond acceptors (Lipinski definition) is 5. The Balaban J connectivity index is 1.61. The average Bonchev–Trinajstić information content (AvgIpc) is 2.89. The number of rotatable bonds is 7. The van der Waals surface area contributed by atoms with E-state index in [0.717, 1.165) is 49.7 Å². The van der Waals surface area contributed by atoms with E-state index in [2.05, 4.69) is 15.5 Å². The Morgan fingerprint density at radius 2 is 1.69 bits per heavy atom. The van der Waals surface area contributed by atoms with Crippen molar-refractivity contribution in [2.75, 3.05) is 23.3 Å². The Labute approximate surface area is 214 Å². The zero-order valence-electron chi connectivity index (χ0n) is 19.9. The third-order valence-electron chi connectivity index (χ3n) is 6.25. The normalized spacial score (nSPS) is 14.1. The molecule has 0 bridgehead atoms. The van der Waals surface area contributed by atoms with Gasteiger partial charge in [-0.1, -0.05) is 41.9 Å². The van der Waals surface area contributed by atoms with Crippen LogP contribution in [0.2, 0.25) is 5.02 Å². The number of nitro groups is 1. The summed E-state index contributed by atoms with van der Waals surface area (Å²) < 4.78 is 0. The van der Waals surface area contributed by atoms with Crippen molar-refractivity contribution in [2.45, 2.75) is 32.2 Å². The SMILES string of the molecule is CC(NC(=O)c1cc(NC(=O)c2ccc(Cl)c([N+](=O)[O-])c2)ccc1N1CCCCC1)c1ccccc1. The van der Waals surface area contributed by atoms with E-state index < -0.39 is 10.8 Å². The smallest absolute Gasteiger partial charge is 0.288 e. The molecule has 1 unspecified atom stereocenters. The molecule has 3 aromatic carbocycles. The van der Waals surface area contributed by atoms with Gasteiger partial charge in [0.1, 0.15) is 5.02 Å². The van der Waals surface area contributed by atoms with E-state index in [-0.39, 0.29) is 28.2 Å². The molecule has 1 aliphatic rings. The van der Waals surface area contributed by atoms with Crippen LogP contribution in [-0.4, -0.2) is 29.8 Å². The van der Waals surface area contributed by atoms with E-state index in [1.807, 2.05) is 43.3 Å². The molecule has 1 fully saturated rings. The third kappa shape index (κ3) is 5.83. The third-order valence-corrected chi connectivity index (χ3v) is 6.57. The Kier molecular flexibility index (Phi) is 7.85. The number of nitro benzene ring substituents is 1. The first kappa shape index (κ1) is 25.2. The zero-order chi connectivity index (χ0) is 25.7. The maximum Gasteiger partial charge on any atom is 0.288 e. The highest BCUT2D eigenvalue weighted by atomic mass is 35.5. The van der Waals surface area contributed by atoms with Gasteiger partial charge in [0, 0.05) is 36.1 Å². The predicted molar refractivity (Wildman–Crippen MR) is 141 cm³/mol. The summed E-state index contributed by atoms with van der Waals surface area (Å²) in [5, 5.41) is 17.0. The summed E-state index contributed by atoms with van der Waals surface area (Å²) in [5.41, 5.74) is 2.41. The van der Waals surface area contributed by atoms with Crippen LogP contribution < -0.4 is 15.5 Å². The first-order valence-electron chi connectivity index (χ1n) is 11.8. The lowest BCUT2D eigenvalue weighted by molar-refractivity contribution is -0.384. The van der Waals surface area contributed by atoms with Crippen LogP contribution in [0.1, 0.15) is 58.5 Å². The molecule has 186 valence electrons. The molecule has 8 nitrogen and oxygen atoms in total. The summed E-state index contributed by atoms with van der Waals surface area (Å²) in [5.74, 6) is -0.783. The molecule has 0 saturated carbocycles. The second-order valence-corrected chi connectivity index (χ2v) is 9.17. The van der Waals surface area contributed by atoms with Crippen LogP contribution in [0, 0.1) is 10.1 Å². The first-order valence-corrected chi connectivity index (χ1v) is 12.2. The second kappa shape index (κ2) is 11.2. The Hall–Kier alpha value is -3.91. The zero-order valence-corrected chi connectivity index (χ0v) is 20.6. The molecular weight excluding hydrogens is 480 g/mol. The molecule has 9 heteroatoms. The maximum absolute atomic E-state index is 13.4. The lowest BCUT2D eigenvalue weighted by Crippen LogP contribution is -2.33. The molecule has 2 amide bonds. The van der Waals surface area contributed by atoms with Crippen molar-refractivity contribution in [2.24, 2.45) is 0 Å². The van der Waals surface area contributed by atoms with E-state index in [9.17, 15) is 19.7 Å². The molecule has 4 rings (SSSR count). The quantitative estimate of drug-likeness (QED) is 0.303. The minimum absolute atomic E-state index is 0.0473. The standard InChI is InChI=1S/C27H27ClN4O4/c1-18(19-8-4-2-5-9-19)29-27(34)22-17-21(11-13-24(22)31-14-6-3-7-15-31)30-26(33)20-10-12-23(28)25(16-20)32(35)36/h2,4-5,8-13,16-18H,3,6-7,14-15H2,1H3,(H,29,34)(H,30,33). The number of amides is 2. The van der Waals surface area contributed by atoms with E-state index >= 15 is 0 Å². The summed E-state index contributed by atoms with van der Waals surface area (Å²) in [4.78, 5) is 39.0. The van der Waals surface area contributed by atoms with Gasteiger partial charge in [0.2, 0.25) is 0 Å². The largest absolute Gasteiger partial charge is 0.371 e. The van der Waals surface area contributed by atoms with Crippen LogP contribution in [-0.2, 0) is 0 Å². The molecule has 1 aliphatic heterocycles. The highest BCUT2D eigenvalue weighted by Crippen LogP contribution is 2.29. The molecule has 0 aliphatic carbocycles. The van der Waals surface area contributed by atoms with Gasteiger partial charge < -0.3 is 15.5 Å². The molecule has 2 N–H and O–H groups in total. The lowest BCUT2D eigenvalue weighted by Gasteiger charge is -2.31. The van der Waals surface area contributed by atoms with Gasteiger partial charge in [-0.2, -0.15) is 0 Å². The van der Waals surface area contributed by atoms with Gasteiger partial charge in [-0.3, -0.25) is 19.7 Å². The van der Waals surface area contributed by atoms with E-state index in [4.69, 9.17) is 11.6 Å². The Morgan fingerprint density at radius 3 is 2.39 bits per heavy atom. The molecule has 1 saturated heterocycles. The number of piperidine rings is 1. The van der Waals surface area contributed by atoms with Gasteiger partial charge in [-0.15, -0.1) is 0 Å². The van der Waals surface area contributed by atoms with Gasteiger partial charge in [0.05, 0.1) is 16.5 Å². The van der Waals surface area contributed by atoms with Crippen LogP contribution >= 0.6 is 11.6 Å². The number of anilines is 2. The molecule has 0 radical (unpaired) electrons. The predicted octanol–water partition coefficient (Wildman–Crippen LogP) is 5.98. The van der Waals surface area contributed by atoms with Crippen molar-refractivity contribution >= 4 is 40.5 Å². The van der Waals surface area contributed by atoms with E-state index in [0.29, 0.717) is 11.3 Å². The topological polar surface area (TPSA) is 105 Å². The van der Waals surface area contributed by atoms with Crippen LogP contribution in [0.15, 0.2) is 66.7 Å². The first-order chi connectivity index (χ1) is 17.3. The monoisotopic (exact) mass is 506 g/mol. The van der Waals surface area contributed by atoms with Crippen molar-refractivity contribution < 1.29 is 14.5 Å². The van der Waals surface area contributed by atoms with Gasteiger partial charge in [0.15, 0.2) is 0 Å². The molecule has 36 heavy (non-hydrogen) atoms. The van der Waals surface area contributed by atoms with Crippen LogP contribution in [0.25, 0.3) is 0 Å². The summed E-state index contributed by atoms with van der Waals surface area (Å²) >= 11 is 5.87. The fourth-order valence-electron chi connectivity index (χ4n) is 4.30. The van der Waals surface area contributed by atoms with Crippen molar-refractivity contribution in [1.82, 2.24) is 5.32 Å². The maximum atomic E-state index is 13.4. The van der Waals surface area contributed by atoms with Gasteiger partial charge in [0.25, 0.3) is 17.5 Å². The molecule has 0 aromatic heterocycles. The average molecular weight is 507 g/mol. The molecule has 1 heterocycles. The Morgan fingerprint density at radius 1 is 0.972 bits per heavy atom. The van der Waals surface area contributed by atoms with E-state index in [1.165, 1.54) is 12.1 Å². The molecule has 3 aromatic rings. The van der Waals surface area contributed by atoms with Crippen molar-refractivity contribution in [3.05, 3.63) is 98.6 Å². The van der Waals surface area contributed by atoms with E-state index in [1.54, 1.807) is 12.1 Å². The molecule has 0 spiro atoms. The minimum atomic E-state index is -0.636. The number of hydrogen-bond donors (Lipinski definition) is 2. The van der Waals surface area contributed by atoms with Crippen LogP contribution in [0.4, 0.5) is 17.1 Å². The summed E-state index contributed by atoms with van der Waals surface area (Å²) in [7, 11) is 0. The number of carbonyl (C=O) groups excluding carboxylic acids is 2. The summed E-state index contributed by atoms with van der Waals surface area (Å²) in [6.45, 7) is 3.64. The van der Waals surface area contributed by atoms with Gasteiger partial charge in [-0.05, 0) is 62.1 Å². The van der Waals surface area contributed by atoms with Crippen LogP contribution in [0.3, 0.4) is 0 Å². The summed E-state index contributed by atoms with van der Waals surface area (Å²) in [6, 6.07) is 18.6. The number of benzene rings is 3. The van der Waals surface area contributed by atoms with Crippen molar-refractivity contribution in [1.29, 1.82) is 0 Å². The van der Waals surface area contributed by atoms with Crippen LogP contribution in [0.5, 0.6) is 0 Å². The molecule has 1 atom stereocenters. The number of nitrogens with one attached hydrogen (secondary N) is 2.